The minimum Gasteiger partial charge on any atom is -0.463 e. The molecule has 1 N–H and O–H groups in total. The molecule has 1 aliphatic heterocycles. The summed E-state index contributed by atoms with van der Waals surface area (Å²) in [5.41, 5.74) is 1.48. The normalized spacial score (nSPS) is 21.1. The SMILES string of the molecule is CC1=CCCN(Cc2ccc(CNC3CC3)o2)C1. The molecule has 0 aromatic carbocycles. The fourth-order valence-electron chi connectivity index (χ4n) is 2.48. The van der Waals surface area contributed by atoms with Gasteiger partial charge in [0.25, 0.3) is 0 Å². The molecule has 3 heteroatoms. The second-order valence-corrected chi connectivity index (χ2v) is 5.57. The molecule has 1 fully saturated rings. The number of hydrogen-bond donors (Lipinski definition) is 1. The van der Waals surface area contributed by atoms with Crippen LogP contribution in [0.1, 0.15) is 37.7 Å². The van der Waals surface area contributed by atoms with Gasteiger partial charge < -0.3 is 9.73 Å². The fraction of sp³-hybridized carbons (Fsp3) is 0.600. The lowest BCUT2D eigenvalue weighted by Gasteiger charge is -2.24. The van der Waals surface area contributed by atoms with Crippen molar-refractivity contribution in [2.24, 2.45) is 0 Å². The van der Waals surface area contributed by atoms with E-state index in [1.165, 1.54) is 24.8 Å². The average Bonchev–Trinajstić information content (AvgIpc) is 3.08. The lowest BCUT2D eigenvalue weighted by molar-refractivity contribution is 0.254. The van der Waals surface area contributed by atoms with Gasteiger partial charge in [0.15, 0.2) is 0 Å². The van der Waals surface area contributed by atoms with Crippen LogP contribution in [0.15, 0.2) is 28.2 Å². The highest BCUT2D eigenvalue weighted by Crippen LogP contribution is 2.20. The van der Waals surface area contributed by atoms with E-state index in [9.17, 15) is 0 Å². The monoisotopic (exact) mass is 246 g/mol. The second kappa shape index (κ2) is 5.29. The van der Waals surface area contributed by atoms with Crippen molar-refractivity contribution >= 4 is 0 Å². The topological polar surface area (TPSA) is 28.4 Å². The molecule has 0 bridgehead atoms. The van der Waals surface area contributed by atoms with E-state index >= 15 is 0 Å². The van der Waals surface area contributed by atoms with Gasteiger partial charge in [-0.25, -0.2) is 0 Å². The van der Waals surface area contributed by atoms with Crippen molar-refractivity contribution in [2.45, 2.75) is 45.3 Å². The molecule has 1 aromatic heterocycles. The van der Waals surface area contributed by atoms with Gasteiger partial charge in [-0.3, -0.25) is 4.90 Å². The minimum atomic E-state index is 0.744. The molecule has 1 aromatic rings. The van der Waals surface area contributed by atoms with Crippen LogP contribution in [0, 0.1) is 0 Å². The summed E-state index contributed by atoms with van der Waals surface area (Å²) in [6.45, 7) is 6.25. The van der Waals surface area contributed by atoms with E-state index in [2.05, 4.69) is 35.3 Å². The maximum Gasteiger partial charge on any atom is 0.118 e. The van der Waals surface area contributed by atoms with E-state index in [4.69, 9.17) is 4.42 Å². The van der Waals surface area contributed by atoms with Gasteiger partial charge in [-0.05, 0) is 38.3 Å². The summed E-state index contributed by atoms with van der Waals surface area (Å²) in [4.78, 5) is 2.45. The largest absolute Gasteiger partial charge is 0.463 e. The van der Waals surface area contributed by atoms with Gasteiger partial charge in [0.05, 0.1) is 13.1 Å². The van der Waals surface area contributed by atoms with Crippen LogP contribution in [0.2, 0.25) is 0 Å². The van der Waals surface area contributed by atoms with Gasteiger partial charge in [-0.2, -0.15) is 0 Å². The Morgan fingerprint density at radius 3 is 2.94 bits per heavy atom. The number of hydrogen-bond acceptors (Lipinski definition) is 3. The molecule has 0 radical (unpaired) electrons. The Kier molecular flexibility index (Phi) is 3.52. The molecule has 18 heavy (non-hydrogen) atoms. The van der Waals surface area contributed by atoms with Gasteiger partial charge >= 0.3 is 0 Å². The highest BCUT2D eigenvalue weighted by atomic mass is 16.3. The highest BCUT2D eigenvalue weighted by Gasteiger charge is 2.20. The second-order valence-electron chi connectivity index (χ2n) is 5.57. The number of rotatable bonds is 5. The first-order valence-electron chi connectivity index (χ1n) is 6.98. The minimum absolute atomic E-state index is 0.744. The zero-order valence-corrected chi connectivity index (χ0v) is 11.1. The zero-order valence-electron chi connectivity index (χ0n) is 11.1. The Morgan fingerprint density at radius 2 is 2.17 bits per heavy atom. The van der Waals surface area contributed by atoms with Gasteiger partial charge in [0.1, 0.15) is 11.5 Å². The van der Waals surface area contributed by atoms with Crippen molar-refractivity contribution in [3.63, 3.8) is 0 Å². The van der Waals surface area contributed by atoms with E-state index in [1.807, 2.05) is 0 Å². The van der Waals surface area contributed by atoms with Crippen LogP contribution in [0.25, 0.3) is 0 Å². The smallest absolute Gasteiger partial charge is 0.118 e. The van der Waals surface area contributed by atoms with Crippen LogP contribution in [0.3, 0.4) is 0 Å². The molecule has 0 amide bonds. The third-order valence-corrected chi connectivity index (χ3v) is 3.65. The molecule has 2 aliphatic rings. The Bertz CT molecular complexity index is 431. The van der Waals surface area contributed by atoms with Crippen LogP contribution in [0.5, 0.6) is 0 Å². The first-order chi connectivity index (χ1) is 8.79. The number of furan rings is 1. The summed E-state index contributed by atoms with van der Waals surface area (Å²) in [6.07, 6.45) is 6.16. The molecule has 1 aliphatic carbocycles. The van der Waals surface area contributed by atoms with Crippen molar-refractivity contribution in [3.8, 4) is 0 Å². The fourth-order valence-corrected chi connectivity index (χ4v) is 2.48. The van der Waals surface area contributed by atoms with Gasteiger partial charge in [0.2, 0.25) is 0 Å². The van der Waals surface area contributed by atoms with Crippen LogP contribution in [0.4, 0.5) is 0 Å². The first-order valence-corrected chi connectivity index (χ1v) is 6.98. The molecule has 0 atom stereocenters. The van der Waals surface area contributed by atoms with Crippen molar-refractivity contribution in [3.05, 3.63) is 35.3 Å². The molecule has 98 valence electrons. The average molecular weight is 246 g/mol. The summed E-state index contributed by atoms with van der Waals surface area (Å²) in [5.74, 6) is 2.17. The molecule has 1 saturated carbocycles. The predicted molar refractivity (Wildman–Crippen MR) is 72.2 cm³/mol. The maximum absolute atomic E-state index is 5.88. The molecular formula is C15H22N2O. The lowest BCUT2D eigenvalue weighted by atomic mass is 10.1. The van der Waals surface area contributed by atoms with E-state index < -0.39 is 0 Å². The summed E-state index contributed by atoms with van der Waals surface area (Å²) < 4.78 is 5.88. The van der Waals surface area contributed by atoms with Crippen molar-refractivity contribution < 1.29 is 4.42 Å². The third-order valence-electron chi connectivity index (χ3n) is 3.65. The molecule has 3 rings (SSSR count). The van der Waals surface area contributed by atoms with Gasteiger partial charge in [-0.1, -0.05) is 11.6 Å². The maximum atomic E-state index is 5.88. The summed E-state index contributed by atoms with van der Waals surface area (Å²) >= 11 is 0. The van der Waals surface area contributed by atoms with E-state index in [-0.39, 0.29) is 0 Å². The Morgan fingerprint density at radius 1 is 1.33 bits per heavy atom. The quantitative estimate of drug-likeness (QED) is 0.810. The third kappa shape index (κ3) is 3.24. The standard InChI is InChI=1S/C15H22N2O/c1-12-3-2-8-17(10-12)11-15-7-6-14(18-15)9-16-13-4-5-13/h3,6-7,13,16H,2,4-5,8-11H2,1H3. The summed E-state index contributed by atoms with van der Waals surface area (Å²) in [5, 5.41) is 3.48. The molecule has 0 spiro atoms. The molecule has 0 unspecified atom stereocenters. The van der Waals surface area contributed by atoms with Gasteiger partial charge in [-0.15, -0.1) is 0 Å². The number of nitrogens with zero attached hydrogens (tertiary/aromatic N) is 1. The first kappa shape index (κ1) is 12.0. The van der Waals surface area contributed by atoms with Crippen molar-refractivity contribution in [2.75, 3.05) is 13.1 Å². The Hall–Kier alpha value is -1.06. The van der Waals surface area contributed by atoms with Crippen molar-refractivity contribution in [1.29, 1.82) is 0 Å². The number of nitrogens with one attached hydrogen (secondary N) is 1. The van der Waals surface area contributed by atoms with E-state index in [1.54, 1.807) is 0 Å². The molecule has 2 heterocycles. The van der Waals surface area contributed by atoms with E-state index in [0.717, 1.165) is 43.7 Å². The van der Waals surface area contributed by atoms with Crippen LogP contribution in [-0.4, -0.2) is 24.0 Å². The Balaban J connectivity index is 1.51. The van der Waals surface area contributed by atoms with Crippen molar-refractivity contribution in [1.82, 2.24) is 10.2 Å². The Labute approximate surface area is 109 Å². The van der Waals surface area contributed by atoms with Crippen LogP contribution in [-0.2, 0) is 13.1 Å². The molecule has 3 nitrogen and oxygen atoms in total. The molecular weight excluding hydrogens is 224 g/mol. The zero-order chi connectivity index (χ0) is 12.4. The van der Waals surface area contributed by atoms with E-state index in [0.29, 0.717) is 0 Å². The molecule has 0 saturated heterocycles. The predicted octanol–water partition coefficient (Wildman–Crippen LogP) is 2.68. The summed E-state index contributed by atoms with van der Waals surface area (Å²) in [6, 6.07) is 4.97. The van der Waals surface area contributed by atoms with Crippen LogP contribution < -0.4 is 5.32 Å². The lowest BCUT2D eigenvalue weighted by Crippen LogP contribution is -2.28. The van der Waals surface area contributed by atoms with Crippen LogP contribution >= 0.6 is 0 Å². The summed E-state index contributed by atoms with van der Waals surface area (Å²) in [7, 11) is 0. The van der Waals surface area contributed by atoms with Gasteiger partial charge in [0, 0.05) is 19.1 Å². The highest BCUT2D eigenvalue weighted by molar-refractivity contribution is 5.10.